The van der Waals surface area contributed by atoms with Crippen molar-refractivity contribution in [3.8, 4) is 0 Å². The van der Waals surface area contributed by atoms with E-state index in [1.54, 1.807) is 6.07 Å². The molecule has 0 bridgehead atoms. The molecule has 0 amide bonds. The van der Waals surface area contributed by atoms with Crippen LogP contribution in [-0.4, -0.2) is 26.2 Å². The molecule has 0 spiro atoms. The highest BCUT2D eigenvalue weighted by Crippen LogP contribution is 2.22. The standard InChI is InChI=1S/C22H21NO6/c1-4-23(5-2)18-9-8-14-10-16(22(26)29-19(14)12-18)7-6-15-11-17(20(24)27-3)13-28-21(15)25/h6-13H,4-5H2,1-3H3/b7-6+. The fourth-order valence-electron chi connectivity index (χ4n) is 2.98. The summed E-state index contributed by atoms with van der Waals surface area (Å²) in [5, 5.41) is 0.760. The van der Waals surface area contributed by atoms with Gasteiger partial charge in [-0.15, -0.1) is 0 Å². The number of carbonyl (C=O) groups excluding carboxylic acids is 1. The van der Waals surface area contributed by atoms with Crippen LogP contribution < -0.4 is 16.2 Å². The molecule has 2 aromatic heterocycles. The van der Waals surface area contributed by atoms with Crippen molar-refractivity contribution in [3.63, 3.8) is 0 Å². The lowest BCUT2D eigenvalue weighted by Gasteiger charge is -2.20. The second-order valence-corrected chi connectivity index (χ2v) is 6.29. The number of hydrogen-bond donors (Lipinski definition) is 0. The number of rotatable bonds is 6. The summed E-state index contributed by atoms with van der Waals surface area (Å²) in [6.45, 7) is 5.81. The second-order valence-electron chi connectivity index (χ2n) is 6.29. The quantitative estimate of drug-likeness (QED) is 0.466. The topological polar surface area (TPSA) is 90.0 Å². The van der Waals surface area contributed by atoms with Crippen molar-refractivity contribution >= 4 is 34.8 Å². The molecular weight excluding hydrogens is 374 g/mol. The summed E-state index contributed by atoms with van der Waals surface area (Å²) in [4.78, 5) is 38.0. The van der Waals surface area contributed by atoms with Crippen molar-refractivity contribution in [2.24, 2.45) is 0 Å². The third-order valence-electron chi connectivity index (χ3n) is 4.58. The lowest BCUT2D eigenvalue weighted by atomic mass is 10.1. The highest BCUT2D eigenvalue weighted by Gasteiger charge is 2.10. The fourth-order valence-corrected chi connectivity index (χ4v) is 2.98. The molecule has 3 aromatic rings. The molecule has 29 heavy (non-hydrogen) atoms. The van der Waals surface area contributed by atoms with Crippen LogP contribution in [0.4, 0.5) is 5.69 Å². The first-order valence-electron chi connectivity index (χ1n) is 9.19. The molecule has 150 valence electrons. The van der Waals surface area contributed by atoms with Gasteiger partial charge in [0.05, 0.1) is 23.8 Å². The van der Waals surface area contributed by atoms with Gasteiger partial charge in [0.15, 0.2) is 0 Å². The van der Waals surface area contributed by atoms with Crippen LogP contribution in [0.5, 0.6) is 0 Å². The zero-order valence-corrected chi connectivity index (χ0v) is 16.4. The summed E-state index contributed by atoms with van der Waals surface area (Å²) in [6.07, 6.45) is 3.89. The Labute approximate surface area is 166 Å². The number of ether oxygens (including phenoxy) is 1. The second kappa shape index (κ2) is 8.60. The summed E-state index contributed by atoms with van der Waals surface area (Å²) in [7, 11) is 1.23. The van der Waals surface area contributed by atoms with Crippen LogP contribution in [0.3, 0.4) is 0 Å². The van der Waals surface area contributed by atoms with E-state index in [1.807, 2.05) is 18.2 Å². The van der Waals surface area contributed by atoms with E-state index in [0.717, 1.165) is 30.4 Å². The van der Waals surface area contributed by atoms with Crippen LogP contribution >= 0.6 is 0 Å². The minimum Gasteiger partial charge on any atom is -0.465 e. The summed E-state index contributed by atoms with van der Waals surface area (Å²) >= 11 is 0. The molecule has 1 aromatic carbocycles. The Morgan fingerprint density at radius 3 is 2.38 bits per heavy atom. The lowest BCUT2D eigenvalue weighted by molar-refractivity contribution is 0.0597. The van der Waals surface area contributed by atoms with E-state index in [-0.39, 0.29) is 16.7 Å². The van der Waals surface area contributed by atoms with Gasteiger partial charge in [0.25, 0.3) is 0 Å². The van der Waals surface area contributed by atoms with Crippen LogP contribution in [0.15, 0.2) is 55.0 Å². The van der Waals surface area contributed by atoms with E-state index in [4.69, 9.17) is 8.83 Å². The zero-order chi connectivity index (χ0) is 21.0. The molecule has 0 aliphatic heterocycles. The van der Waals surface area contributed by atoms with Gasteiger partial charge in [-0.05, 0) is 50.3 Å². The van der Waals surface area contributed by atoms with Gasteiger partial charge in [-0.25, -0.2) is 14.4 Å². The Bertz CT molecular complexity index is 1180. The molecule has 0 fully saturated rings. The first-order chi connectivity index (χ1) is 14.0. The molecular formula is C22H21NO6. The van der Waals surface area contributed by atoms with E-state index in [1.165, 1.54) is 25.3 Å². The molecule has 0 saturated carbocycles. The maximum atomic E-state index is 12.4. The normalized spacial score (nSPS) is 11.1. The van der Waals surface area contributed by atoms with E-state index in [9.17, 15) is 14.4 Å². The smallest absolute Gasteiger partial charge is 0.343 e. The number of methoxy groups -OCH3 is 1. The summed E-state index contributed by atoms with van der Waals surface area (Å²) in [5.41, 5.74) is 0.790. The van der Waals surface area contributed by atoms with E-state index in [2.05, 4.69) is 23.5 Å². The summed E-state index contributed by atoms with van der Waals surface area (Å²) in [5.74, 6) is -0.627. The largest absolute Gasteiger partial charge is 0.465 e. The molecule has 0 atom stereocenters. The van der Waals surface area contributed by atoms with Gasteiger partial charge in [-0.1, -0.05) is 0 Å². The predicted octanol–water partition coefficient (Wildman–Crippen LogP) is 3.55. The Kier molecular flexibility index (Phi) is 5.97. The Balaban J connectivity index is 1.98. The van der Waals surface area contributed by atoms with Crippen LogP contribution in [0.2, 0.25) is 0 Å². The maximum Gasteiger partial charge on any atom is 0.343 e. The number of fused-ring (bicyclic) bond motifs is 1. The number of hydrogen-bond acceptors (Lipinski definition) is 7. The van der Waals surface area contributed by atoms with Crippen molar-refractivity contribution in [3.05, 3.63) is 74.1 Å². The van der Waals surface area contributed by atoms with Crippen LogP contribution in [0.1, 0.15) is 35.3 Å². The minimum atomic E-state index is -0.636. The first kappa shape index (κ1) is 20.1. The molecule has 7 nitrogen and oxygen atoms in total. The molecule has 0 aliphatic carbocycles. The Morgan fingerprint density at radius 2 is 1.72 bits per heavy atom. The van der Waals surface area contributed by atoms with Crippen LogP contribution in [0.25, 0.3) is 23.1 Å². The Hall–Kier alpha value is -3.61. The van der Waals surface area contributed by atoms with Crippen molar-refractivity contribution in [2.45, 2.75) is 13.8 Å². The molecule has 2 heterocycles. The van der Waals surface area contributed by atoms with E-state index in [0.29, 0.717) is 5.58 Å². The third-order valence-corrected chi connectivity index (χ3v) is 4.58. The number of benzene rings is 1. The molecule has 0 saturated heterocycles. The summed E-state index contributed by atoms with van der Waals surface area (Å²) in [6, 6.07) is 8.72. The van der Waals surface area contributed by atoms with Gasteiger partial charge in [-0.3, -0.25) is 0 Å². The van der Waals surface area contributed by atoms with Gasteiger partial charge in [0.1, 0.15) is 11.8 Å². The highest BCUT2D eigenvalue weighted by molar-refractivity contribution is 5.90. The molecule has 3 rings (SSSR count). The van der Waals surface area contributed by atoms with Gasteiger partial charge < -0.3 is 18.5 Å². The predicted molar refractivity (Wildman–Crippen MR) is 111 cm³/mol. The van der Waals surface area contributed by atoms with Crippen molar-refractivity contribution in [1.29, 1.82) is 0 Å². The summed E-state index contributed by atoms with van der Waals surface area (Å²) < 4.78 is 14.9. The monoisotopic (exact) mass is 395 g/mol. The van der Waals surface area contributed by atoms with Crippen LogP contribution in [0, 0.1) is 0 Å². The third kappa shape index (κ3) is 4.29. The van der Waals surface area contributed by atoms with Crippen LogP contribution in [-0.2, 0) is 4.74 Å². The molecule has 0 unspecified atom stereocenters. The lowest BCUT2D eigenvalue weighted by Crippen LogP contribution is -2.21. The van der Waals surface area contributed by atoms with Gasteiger partial charge in [0, 0.05) is 30.2 Å². The zero-order valence-electron chi connectivity index (χ0n) is 16.4. The minimum absolute atomic E-state index is 0.0984. The molecule has 0 radical (unpaired) electrons. The number of esters is 1. The Morgan fingerprint density at radius 1 is 1.03 bits per heavy atom. The van der Waals surface area contributed by atoms with Gasteiger partial charge in [-0.2, -0.15) is 0 Å². The maximum absolute atomic E-state index is 12.4. The molecule has 0 aliphatic rings. The SMILES string of the molecule is CCN(CC)c1ccc2cc(/C=C/c3cc(C(=O)OC)coc3=O)c(=O)oc2c1. The average Bonchev–Trinajstić information content (AvgIpc) is 2.73. The highest BCUT2D eigenvalue weighted by atomic mass is 16.5. The van der Waals surface area contributed by atoms with Gasteiger partial charge in [0.2, 0.25) is 0 Å². The van der Waals surface area contributed by atoms with E-state index < -0.39 is 17.2 Å². The fraction of sp³-hybridized carbons (Fsp3) is 0.227. The molecule has 7 heteroatoms. The number of carbonyl (C=O) groups is 1. The number of anilines is 1. The van der Waals surface area contributed by atoms with E-state index >= 15 is 0 Å². The first-order valence-corrected chi connectivity index (χ1v) is 9.19. The van der Waals surface area contributed by atoms with Gasteiger partial charge >= 0.3 is 17.2 Å². The van der Waals surface area contributed by atoms with Crippen molar-refractivity contribution in [1.82, 2.24) is 0 Å². The average molecular weight is 395 g/mol. The van der Waals surface area contributed by atoms with Crippen molar-refractivity contribution in [2.75, 3.05) is 25.1 Å². The van der Waals surface area contributed by atoms with Crippen molar-refractivity contribution < 1.29 is 18.4 Å². The molecule has 0 N–H and O–H groups in total. The number of nitrogens with zero attached hydrogens (tertiary/aromatic N) is 1.